The van der Waals surface area contributed by atoms with Gasteiger partial charge in [0.2, 0.25) is 0 Å². The summed E-state index contributed by atoms with van der Waals surface area (Å²) in [5, 5.41) is 5.98. The molecule has 162 valence electrons. The Morgan fingerprint density at radius 3 is 3.00 bits per heavy atom. The van der Waals surface area contributed by atoms with Crippen LogP contribution in [0.2, 0.25) is 0 Å². The maximum atomic E-state index is 13.2. The quantitative estimate of drug-likeness (QED) is 0.439. The summed E-state index contributed by atoms with van der Waals surface area (Å²) in [6, 6.07) is 17.2. The Morgan fingerprint density at radius 1 is 1.19 bits per heavy atom. The Kier molecular flexibility index (Phi) is 5.46. The average molecular weight is 429 g/mol. The monoisotopic (exact) mass is 429 g/mol. The number of rotatable bonds is 6. The molecule has 1 atom stereocenters. The minimum absolute atomic E-state index is 0.00158. The maximum Gasteiger partial charge on any atom is 0.276 e. The number of carbonyl (C=O) groups is 1. The summed E-state index contributed by atoms with van der Waals surface area (Å²) in [4.78, 5) is 19.2. The van der Waals surface area contributed by atoms with Crippen LogP contribution in [0, 0.1) is 0 Å². The Morgan fingerprint density at radius 2 is 2.09 bits per heavy atom. The van der Waals surface area contributed by atoms with Crippen LogP contribution in [0.3, 0.4) is 0 Å². The van der Waals surface area contributed by atoms with Crippen molar-refractivity contribution >= 4 is 16.7 Å². The number of methoxy groups -OCH3 is 1. The first-order valence-corrected chi connectivity index (χ1v) is 10.6. The molecule has 2 aromatic carbocycles. The summed E-state index contributed by atoms with van der Waals surface area (Å²) in [6.45, 7) is 0.866. The molecule has 4 aromatic rings. The lowest BCUT2D eigenvalue weighted by atomic mass is 10.0. The second-order valence-electron chi connectivity index (χ2n) is 7.75. The normalized spacial score (nSPS) is 15.8. The molecular weight excluding hydrogens is 406 g/mol. The molecule has 0 unspecified atom stereocenters. The number of hydrogen-bond acceptors (Lipinski definition) is 6. The Balaban J connectivity index is 1.30. The average Bonchev–Trinajstić information content (AvgIpc) is 3.52. The van der Waals surface area contributed by atoms with E-state index in [0.29, 0.717) is 18.0 Å². The first-order chi connectivity index (χ1) is 15.7. The fourth-order valence-corrected chi connectivity index (χ4v) is 4.20. The Labute approximate surface area is 185 Å². The lowest BCUT2D eigenvalue weighted by Crippen LogP contribution is -2.30. The van der Waals surface area contributed by atoms with Crippen LogP contribution in [0.25, 0.3) is 10.8 Å². The van der Waals surface area contributed by atoms with Gasteiger partial charge in [-0.15, -0.1) is 0 Å². The van der Waals surface area contributed by atoms with Crippen molar-refractivity contribution in [2.45, 2.75) is 25.5 Å². The summed E-state index contributed by atoms with van der Waals surface area (Å²) in [7, 11) is 1.64. The van der Waals surface area contributed by atoms with E-state index in [1.54, 1.807) is 25.6 Å². The number of carbonyl (C=O) groups excluding carboxylic acids is 1. The van der Waals surface area contributed by atoms with Crippen molar-refractivity contribution in [2.75, 3.05) is 13.7 Å². The van der Waals surface area contributed by atoms with E-state index in [1.807, 2.05) is 53.4 Å². The van der Waals surface area contributed by atoms with Crippen LogP contribution in [-0.4, -0.2) is 34.6 Å². The fourth-order valence-electron chi connectivity index (χ4n) is 4.20. The highest BCUT2D eigenvalue weighted by Crippen LogP contribution is 2.34. The molecule has 1 saturated heterocycles. The molecule has 0 spiro atoms. The number of amides is 1. The van der Waals surface area contributed by atoms with Gasteiger partial charge in [-0.25, -0.2) is 0 Å². The van der Waals surface area contributed by atoms with E-state index < -0.39 is 0 Å². The zero-order chi connectivity index (χ0) is 21.9. The number of ether oxygens (including phenoxy) is 2. The standard InChI is InChI=1S/C25H23N3O4/c1-30-19-7-2-5-17(13-19)23-8-4-12-28(23)25(29)22-14-20(32-27-22)16-31-24-9-3-6-18-15-26-11-10-21(18)24/h2-3,5-7,9-11,13-15,23H,4,8,12,16H2,1H3/t23-/m0/s1. The predicted molar refractivity (Wildman–Crippen MR) is 119 cm³/mol. The number of pyridine rings is 1. The topological polar surface area (TPSA) is 77.7 Å². The second kappa shape index (κ2) is 8.70. The molecule has 32 heavy (non-hydrogen) atoms. The van der Waals surface area contributed by atoms with Gasteiger partial charge >= 0.3 is 0 Å². The molecule has 1 fully saturated rings. The zero-order valence-electron chi connectivity index (χ0n) is 17.7. The minimum atomic E-state index is -0.137. The van der Waals surface area contributed by atoms with Crippen LogP contribution in [0.15, 0.2) is 71.5 Å². The van der Waals surface area contributed by atoms with Crippen molar-refractivity contribution in [1.29, 1.82) is 0 Å². The van der Waals surface area contributed by atoms with E-state index in [-0.39, 0.29) is 18.6 Å². The number of fused-ring (bicyclic) bond motifs is 1. The maximum absolute atomic E-state index is 13.2. The van der Waals surface area contributed by atoms with Gasteiger partial charge in [0.25, 0.3) is 5.91 Å². The molecule has 0 bridgehead atoms. The third-order valence-electron chi connectivity index (χ3n) is 5.78. The van der Waals surface area contributed by atoms with Crippen molar-refractivity contribution in [3.8, 4) is 11.5 Å². The van der Waals surface area contributed by atoms with Crippen LogP contribution in [0.5, 0.6) is 11.5 Å². The van der Waals surface area contributed by atoms with Crippen molar-refractivity contribution < 1.29 is 18.8 Å². The van der Waals surface area contributed by atoms with Crippen molar-refractivity contribution in [2.24, 2.45) is 0 Å². The highest BCUT2D eigenvalue weighted by Gasteiger charge is 2.32. The van der Waals surface area contributed by atoms with Crippen molar-refractivity contribution in [1.82, 2.24) is 15.0 Å². The van der Waals surface area contributed by atoms with E-state index in [1.165, 1.54) is 0 Å². The van der Waals surface area contributed by atoms with Gasteiger partial charge in [0.15, 0.2) is 11.5 Å². The van der Waals surface area contributed by atoms with Gasteiger partial charge in [-0.1, -0.05) is 29.4 Å². The van der Waals surface area contributed by atoms with Crippen LogP contribution in [-0.2, 0) is 6.61 Å². The van der Waals surface area contributed by atoms with Gasteiger partial charge < -0.3 is 18.9 Å². The third-order valence-corrected chi connectivity index (χ3v) is 5.78. The molecule has 1 aliphatic heterocycles. The van der Waals surface area contributed by atoms with Crippen LogP contribution >= 0.6 is 0 Å². The second-order valence-corrected chi connectivity index (χ2v) is 7.75. The highest BCUT2D eigenvalue weighted by atomic mass is 16.5. The van der Waals surface area contributed by atoms with Gasteiger partial charge in [0, 0.05) is 35.8 Å². The molecule has 2 aromatic heterocycles. The molecule has 1 amide bonds. The van der Waals surface area contributed by atoms with Gasteiger partial charge in [0.1, 0.15) is 18.1 Å². The molecular formula is C25H23N3O4. The lowest BCUT2D eigenvalue weighted by Gasteiger charge is -2.24. The fraction of sp³-hybridized carbons (Fsp3) is 0.240. The summed E-state index contributed by atoms with van der Waals surface area (Å²) in [5.74, 6) is 1.87. The van der Waals surface area contributed by atoms with E-state index in [4.69, 9.17) is 14.0 Å². The van der Waals surface area contributed by atoms with E-state index >= 15 is 0 Å². The first kappa shape index (κ1) is 20.1. The zero-order valence-corrected chi connectivity index (χ0v) is 17.7. The number of hydrogen-bond donors (Lipinski definition) is 0. The summed E-state index contributed by atoms with van der Waals surface area (Å²) >= 11 is 0. The first-order valence-electron chi connectivity index (χ1n) is 10.6. The molecule has 0 N–H and O–H groups in total. The number of nitrogens with zero attached hydrogens (tertiary/aromatic N) is 3. The molecule has 0 aliphatic carbocycles. The molecule has 3 heterocycles. The molecule has 0 radical (unpaired) electrons. The smallest absolute Gasteiger partial charge is 0.276 e. The predicted octanol–water partition coefficient (Wildman–Crippen LogP) is 4.79. The van der Waals surface area contributed by atoms with E-state index in [2.05, 4.69) is 10.1 Å². The summed E-state index contributed by atoms with van der Waals surface area (Å²) < 4.78 is 16.7. The summed E-state index contributed by atoms with van der Waals surface area (Å²) in [5.41, 5.74) is 1.35. The van der Waals surface area contributed by atoms with Crippen LogP contribution in [0.4, 0.5) is 0 Å². The van der Waals surface area contributed by atoms with Gasteiger partial charge in [-0.05, 0) is 42.7 Å². The van der Waals surface area contributed by atoms with Crippen LogP contribution in [0.1, 0.15) is 40.7 Å². The SMILES string of the molecule is COc1cccc([C@@H]2CCCN2C(=O)c2cc(COc3cccc4cnccc34)on2)c1. The van der Waals surface area contributed by atoms with Gasteiger partial charge in [-0.3, -0.25) is 9.78 Å². The minimum Gasteiger partial charge on any atom is -0.497 e. The highest BCUT2D eigenvalue weighted by molar-refractivity contribution is 5.92. The number of aromatic nitrogens is 2. The molecule has 7 heteroatoms. The third kappa shape index (κ3) is 3.89. The van der Waals surface area contributed by atoms with Crippen LogP contribution < -0.4 is 9.47 Å². The lowest BCUT2D eigenvalue weighted by molar-refractivity contribution is 0.0724. The summed E-state index contributed by atoms with van der Waals surface area (Å²) in [6.07, 6.45) is 5.37. The number of likely N-dealkylation sites (tertiary alicyclic amines) is 1. The molecule has 7 nitrogen and oxygen atoms in total. The number of benzene rings is 2. The largest absolute Gasteiger partial charge is 0.497 e. The molecule has 0 saturated carbocycles. The van der Waals surface area contributed by atoms with E-state index in [0.717, 1.165) is 40.7 Å². The van der Waals surface area contributed by atoms with E-state index in [9.17, 15) is 4.79 Å². The van der Waals surface area contributed by atoms with Gasteiger partial charge in [0.05, 0.1) is 13.2 Å². The van der Waals surface area contributed by atoms with Crippen molar-refractivity contribution in [3.63, 3.8) is 0 Å². The molecule has 5 rings (SSSR count). The van der Waals surface area contributed by atoms with Crippen molar-refractivity contribution in [3.05, 3.63) is 84.0 Å². The van der Waals surface area contributed by atoms with Gasteiger partial charge in [-0.2, -0.15) is 0 Å². The Bertz CT molecular complexity index is 1250. The Hall–Kier alpha value is -3.87. The molecule has 1 aliphatic rings.